The molecule has 0 saturated carbocycles. The molecule has 2 N–H and O–H groups in total. The summed E-state index contributed by atoms with van der Waals surface area (Å²) in [5, 5.41) is 0. The Hall–Kier alpha value is -1.35. The second-order valence-corrected chi connectivity index (χ2v) is 4.88. The molecule has 1 aromatic rings. The predicted octanol–water partition coefficient (Wildman–Crippen LogP) is 2.48. The van der Waals surface area contributed by atoms with Crippen LogP contribution in [0.25, 0.3) is 0 Å². The van der Waals surface area contributed by atoms with E-state index < -0.39 is 0 Å². The molecule has 3 heteroatoms. The zero-order chi connectivity index (χ0) is 12.8. The largest absolute Gasteiger partial charge is 0.330 e. The first kappa shape index (κ1) is 13.1. The van der Waals surface area contributed by atoms with E-state index in [1.165, 1.54) is 12.0 Å². The van der Waals surface area contributed by atoms with Gasteiger partial charge < -0.3 is 10.6 Å². The Morgan fingerprint density at radius 1 is 1.06 bits per heavy atom. The molecule has 98 valence electrons. The van der Waals surface area contributed by atoms with E-state index in [4.69, 9.17) is 5.73 Å². The number of hydrogen-bond acceptors (Lipinski definition) is 2. The van der Waals surface area contributed by atoms with Crippen LogP contribution in [0, 0.1) is 0 Å². The van der Waals surface area contributed by atoms with Crippen LogP contribution in [0.2, 0.25) is 0 Å². The molecule has 1 amide bonds. The van der Waals surface area contributed by atoms with Gasteiger partial charge in [0.25, 0.3) is 0 Å². The van der Waals surface area contributed by atoms with Crippen LogP contribution < -0.4 is 10.6 Å². The van der Waals surface area contributed by atoms with Crippen molar-refractivity contribution in [2.45, 2.75) is 38.5 Å². The number of carbonyl (C=O) groups is 1. The first-order valence-corrected chi connectivity index (χ1v) is 6.91. The van der Waals surface area contributed by atoms with Crippen molar-refractivity contribution in [3.8, 4) is 0 Å². The van der Waals surface area contributed by atoms with E-state index in [1.807, 2.05) is 17.0 Å². The van der Waals surface area contributed by atoms with Gasteiger partial charge in [0.1, 0.15) is 0 Å². The Balaban J connectivity index is 1.93. The van der Waals surface area contributed by atoms with E-state index in [0.29, 0.717) is 6.42 Å². The third kappa shape index (κ3) is 3.10. The molecule has 0 bridgehead atoms. The van der Waals surface area contributed by atoms with Crippen molar-refractivity contribution < 1.29 is 4.79 Å². The number of unbranched alkanes of at least 4 members (excludes halogenated alkanes) is 3. The summed E-state index contributed by atoms with van der Waals surface area (Å²) in [6.45, 7) is 1.62. The third-order valence-corrected chi connectivity index (χ3v) is 3.53. The summed E-state index contributed by atoms with van der Waals surface area (Å²) in [5.41, 5.74) is 7.90. The standard InChI is InChI=1S/C15H22N2O/c16-11-5-1-2-6-12-17-14-8-4-3-7-13(14)9-10-15(17)18/h3-4,7-8H,1-2,5-6,9-12,16H2. The van der Waals surface area contributed by atoms with Gasteiger partial charge in [-0.3, -0.25) is 4.79 Å². The van der Waals surface area contributed by atoms with Gasteiger partial charge in [-0.25, -0.2) is 0 Å². The summed E-state index contributed by atoms with van der Waals surface area (Å²) in [7, 11) is 0. The van der Waals surface area contributed by atoms with E-state index in [2.05, 4.69) is 12.1 Å². The SMILES string of the molecule is NCCCCCCN1C(=O)CCc2ccccc21. The highest BCUT2D eigenvalue weighted by atomic mass is 16.2. The number of fused-ring (bicyclic) bond motifs is 1. The molecule has 0 saturated heterocycles. The number of benzene rings is 1. The fraction of sp³-hybridized carbons (Fsp3) is 0.533. The van der Waals surface area contributed by atoms with Crippen LogP contribution in [-0.2, 0) is 11.2 Å². The molecule has 1 aromatic carbocycles. The van der Waals surface area contributed by atoms with Crippen molar-refractivity contribution in [3.63, 3.8) is 0 Å². The van der Waals surface area contributed by atoms with Gasteiger partial charge >= 0.3 is 0 Å². The van der Waals surface area contributed by atoms with Gasteiger partial charge in [-0.15, -0.1) is 0 Å². The first-order valence-electron chi connectivity index (χ1n) is 6.91. The molecule has 1 aliphatic rings. The summed E-state index contributed by atoms with van der Waals surface area (Å²) >= 11 is 0. The van der Waals surface area contributed by atoms with E-state index in [1.54, 1.807) is 0 Å². The number of hydrogen-bond donors (Lipinski definition) is 1. The summed E-state index contributed by atoms with van der Waals surface area (Å²) in [6.07, 6.45) is 6.02. The summed E-state index contributed by atoms with van der Waals surface area (Å²) in [4.78, 5) is 13.9. The van der Waals surface area contributed by atoms with Gasteiger partial charge in [0.05, 0.1) is 0 Å². The van der Waals surface area contributed by atoms with E-state index in [-0.39, 0.29) is 5.91 Å². The van der Waals surface area contributed by atoms with Gasteiger partial charge in [-0.2, -0.15) is 0 Å². The lowest BCUT2D eigenvalue weighted by molar-refractivity contribution is -0.118. The van der Waals surface area contributed by atoms with Crippen LogP contribution in [0.15, 0.2) is 24.3 Å². The van der Waals surface area contributed by atoms with Crippen LogP contribution in [-0.4, -0.2) is 19.0 Å². The number of carbonyl (C=O) groups excluding carboxylic acids is 1. The number of nitrogens with zero attached hydrogens (tertiary/aromatic N) is 1. The Kier molecular flexibility index (Phi) is 4.76. The van der Waals surface area contributed by atoms with E-state index >= 15 is 0 Å². The van der Waals surface area contributed by atoms with Crippen LogP contribution in [0.1, 0.15) is 37.7 Å². The van der Waals surface area contributed by atoms with Crippen LogP contribution >= 0.6 is 0 Å². The molecule has 1 aliphatic heterocycles. The highest BCUT2D eigenvalue weighted by molar-refractivity contribution is 5.96. The predicted molar refractivity (Wildman–Crippen MR) is 74.6 cm³/mol. The maximum atomic E-state index is 12.0. The normalized spacial score (nSPS) is 14.7. The van der Waals surface area contributed by atoms with Crippen molar-refractivity contribution in [1.29, 1.82) is 0 Å². The third-order valence-electron chi connectivity index (χ3n) is 3.53. The Morgan fingerprint density at radius 2 is 1.83 bits per heavy atom. The van der Waals surface area contributed by atoms with Gasteiger partial charge in [0.2, 0.25) is 5.91 Å². The number of amides is 1. The second kappa shape index (κ2) is 6.55. The average Bonchev–Trinajstić information content (AvgIpc) is 2.41. The maximum absolute atomic E-state index is 12.0. The minimum absolute atomic E-state index is 0.271. The quantitative estimate of drug-likeness (QED) is 0.784. The number of aryl methyl sites for hydroxylation is 1. The molecule has 1 heterocycles. The van der Waals surface area contributed by atoms with Crippen LogP contribution in [0.3, 0.4) is 0 Å². The number of para-hydroxylation sites is 1. The summed E-state index contributed by atoms with van der Waals surface area (Å²) < 4.78 is 0. The second-order valence-electron chi connectivity index (χ2n) is 4.88. The molecule has 0 fully saturated rings. The Morgan fingerprint density at radius 3 is 2.67 bits per heavy atom. The molecule has 0 unspecified atom stereocenters. The molecule has 0 aromatic heterocycles. The van der Waals surface area contributed by atoms with E-state index in [9.17, 15) is 4.79 Å². The number of anilines is 1. The van der Waals surface area contributed by atoms with Crippen LogP contribution in [0.5, 0.6) is 0 Å². The molecule has 0 spiro atoms. The average molecular weight is 246 g/mol. The fourth-order valence-corrected chi connectivity index (χ4v) is 2.51. The molecule has 3 nitrogen and oxygen atoms in total. The maximum Gasteiger partial charge on any atom is 0.227 e. The van der Waals surface area contributed by atoms with E-state index in [0.717, 1.165) is 44.5 Å². The topological polar surface area (TPSA) is 46.3 Å². The molecule has 0 aliphatic carbocycles. The Labute approximate surface area is 109 Å². The van der Waals surface area contributed by atoms with Crippen molar-refractivity contribution >= 4 is 11.6 Å². The fourth-order valence-electron chi connectivity index (χ4n) is 2.51. The molecule has 18 heavy (non-hydrogen) atoms. The van der Waals surface area contributed by atoms with Gasteiger partial charge in [-0.1, -0.05) is 31.0 Å². The molecular formula is C15H22N2O. The van der Waals surface area contributed by atoms with Crippen molar-refractivity contribution in [2.75, 3.05) is 18.0 Å². The van der Waals surface area contributed by atoms with Crippen molar-refractivity contribution in [3.05, 3.63) is 29.8 Å². The monoisotopic (exact) mass is 246 g/mol. The molecule has 0 radical (unpaired) electrons. The van der Waals surface area contributed by atoms with Gasteiger partial charge in [0.15, 0.2) is 0 Å². The smallest absolute Gasteiger partial charge is 0.227 e. The molecule has 0 atom stereocenters. The highest BCUT2D eigenvalue weighted by Gasteiger charge is 2.22. The van der Waals surface area contributed by atoms with Crippen molar-refractivity contribution in [1.82, 2.24) is 0 Å². The lowest BCUT2D eigenvalue weighted by atomic mass is 10.0. The number of nitrogens with two attached hydrogens (primary N) is 1. The van der Waals surface area contributed by atoms with Gasteiger partial charge in [0, 0.05) is 18.7 Å². The highest BCUT2D eigenvalue weighted by Crippen LogP contribution is 2.27. The first-order chi connectivity index (χ1) is 8.83. The van der Waals surface area contributed by atoms with Crippen LogP contribution in [0.4, 0.5) is 5.69 Å². The van der Waals surface area contributed by atoms with Gasteiger partial charge in [-0.05, 0) is 37.4 Å². The summed E-state index contributed by atoms with van der Waals surface area (Å²) in [5.74, 6) is 0.271. The lowest BCUT2D eigenvalue weighted by Gasteiger charge is -2.29. The minimum atomic E-state index is 0.271. The van der Waals surface area contributed by atoms with Crippen molar-refractivity contribution in [2.24, 2.45) is 5.73 Å². The summed E-state index contributed by atoms with van der Waals surface area (Å²) in [6, 6.07) is 8.25. The lowest BCUT2D eigenvalue weighted by Crippen LogP contribution is -2.35. The zero-order valence-corrected chi connectivity index (χ0v) is 10.9. The molecular weight excluding hydrogens is 224 g/mol. The Bertz CT molecular complexity index is 403. The number of rotatable bonds is 6. The molecule has 2 rings (SSSR count). The zero-order valence-electron chi connectivity index (χ0n) is 10.9. The minimum Gasteiger partial charge on any atom is -0.330 e.